The maximum Gasteiger partial charge on any atom is 0.236 e. The molecule has 2 amide bonds. The summed E-state index contributed by atoms with van der Waals surface area (Å²) in [4.78, 5) is 26.8. The molecule has 0 aliphatic carbocycles. The molecule has 1 unspecified atom stereocenters. The van der Waals surface area contributed by atoms with Crippen LogP contribution in [0.25, 0.3) is 0 Å². The van der Waals surface area contributed by atoms with Crippen LogP contribution in [0.15, 0.2) is 15.9 Å². The van der Waals surface area contributed by atoms with Gasteiger partial charge < -0.3 is 0 Å². The van der Waals surface area contributed by atoms with Crippen molar-refractivity contribution < 1.29 is 9.59 Å². The summed E-state index contributed by atoms with van der Waals surface area (Å²) in [7, 11) is 0. The molecule has 1 aliphatic heterocycles. The van der Waals surface area contributed by atoms with E-state index in [0.717, 1.165) is 8.66 Å². The van der Waals surface area contributed by atoms with Crippen LogP contribution in [0, 0.1) is 11.3 Å². The average molecular weight is 330 g/mol. The van der Waals surface area contributed by atoms with Gasteiger partial charge in [0.2, 0.25) is 11.8 Å². The first kappa shape index (κ1) is 13.7. The van der Waals surface area contributed by atoms with Crippen molar-refractivity contribution in [2.45, 2.75) is 33.7 Å². The molecule has 0 radical (unpaired) electrons. The molecule has 3 nitrogen and oxygen atoms in total. The number of halogens is 1. The second-order valence-corrected chi connectivity index (χ2v) is 7.79. The fourth-order valence-corrected chi connectivity index (χ4v) is 3.58. The lowest BCUT2D eigenvalue weighted by molar-refractivity contribution is -0.142. The smallest absolute Gasteiger partial charge is 0.236 e. The van der Waals surface area contributed by atoms with Gasteiger partial charge in [0.15, 0.2) is 0 Å². The van der Waals surface area contributed by atoms with Crippen LogP contribution >= 0.6 is 27.3 Å². The SMILES string of the molecule is CC(C)C1(C)CC(=O)N(Cc2ccc(Br)s2)C1=O. The van der Waals surface area contributed by atoms with Gasteiger partial charge in [-0.05, 0) is 40.9 Å². The van der Waals surface area contributed by atoms with Gasteiger partial charge in [0.05, 0.1) is 15.7 Å². The Morgan fingerprint density at radius 3 is 2.56 bits per heavy atom. The predicted molar refractivity (Wildman–Crippen MR) is 75.1 cm³/mol. The lowest BCUT2D eigenvalue weighted by Gasteiger charge is -2.25. The topological polar surface area (TPSA) is 37.4 Å². The van der Waals surface area contributed by atoms with Crippen molar-refractivity contribution in [3.63, 3.8) is 0 Å². The number of nitrogens with zero attached hydrogens (tertiary/aromatic N) is 1. The third kappa shape index (κ3) is 2.26. The van der Waals surface area contributed by atoms with E-state index >= 15 is 0 Å². The summed E-state index contributed by atoms with van der Waals surface area (Å²) < 4.78 is 1.02. The average Bonchev–Trinajstić information content (AvgIpc) is 2.78. The molecule has 1 saturated heterocycles. The number of rotatable bonds is 3. The molecule has 2 heterocycles. The molecule has 18 heavy (non-hydrogen) atoms. The number of amides is 2. The number of hydrogen-bond acceptors (Lipinski definition) is 3. The van der Waals surface area contributed by atoms with Crippen LogP contribution in [0.2, 0.25) is 0 Å². The second kappa shape index (κ2) is 4.78. The van der Waals surface area contributed by atoms with E-state index in [0.29, 0.717) is 13.0 Å². The Bertz CT molecular complexity index is 497. The van der Waals surface area contributed by atoms with Crippen LogP contribution in [-0.4, -0.2) is 16.7 Å². The van der Waals surface area contributed by atoms with E-state index < -0.39 is 5.41 Å². The number of likely N-dealkylation sites (tertiary alicyclic amines) is 1. The molecule has 1 atom stereocenters. The van der Waals surface area contributed by atoms with Crippen molar-refractivity contribution >= 4 is 39.1 Å². The number of carbonyl (C=O) groups is 2. The summed E-state index contributed by atoms with van der Waals surface area (Å²) in [5.74, 6) is 0.0850. The van der Waals surface area contributed by atoms with Gasteiger partial charge in [0, 0.05) is 11.3 Å². The molecule has 1 aromatic rings. The van der Waals surface area contributed by atoms with Crippen LogP contribution < -0.4 is 0 Å². The van der Waals surface area contributed by atoms with Gasteiger partial charge in [-0.1, -0.05) is 13.8 Å². The molecule has 0 spiro atoms. The Kier molecular flexibility index (Phi) is 3.65. The molecule has 1 aromatic heterocycles. The standard InChI is InChI=1S/C13H16BrNO2S/c1-8(2)13(3)6-11(16)15(12(13)17)7-9-4-5-10(14)18-9/h4-5,8H,6-7H2,1-3H3. The zero-order valence-electron chi connectivity index (χ0n) is 10.7. The number of carbonyl (C=O) groups excluding carboxylic acids is 2. The molecular weight excluding hydrogens is 314 g/mol. The van der Waals surface area contributed by atoms with E-state index in [4.69, 9.17) is 0 Å². The highest BCUT2D eigenvalue weighted by Crippen LogP contribution is 2.40. The highest BCUT2D eigenvalue weighted by atomic mass is 79.9. The Hall–Kier alpha value is -0.680. The number of thiophene rings is 1. The number of imide groups is 1. The summed E-state index contributed by atoms with van der Waals surface area (Å²) in [5.41, 5.74) is -0.536. The summed E-state index contributed by atoms with van der Waals surface area (Å²) in [6.45, 7) is 6.28. The van der Waals surface area contributed by atoms with Crippen LogP contribution in [0.1, 0.15) is 32.1 Å². The molecular formula is C13H16BrNO2S. The number of hydrogen-bond donors (Lipinski definition) is 0. The lowest BCUT2D eigenvalue weighted by atomic mass is 9.78. The molecule has 0 N–H and O–H groups in total. The maximum absolute atomic E-state index is 12.4. The van der Waals surface area contributed by atoms with Gasteiger partial charge in [0.1, 0.15) is 0 Å². The molecule has 2 rings (SSSR count). The summed E-state index contributed by atoms with van der Waals surface area (Å²) in [6.07, 6.45) is 0.329. The molecule has 5 heteroatoms. The van der Waals surface area contributed by atoms with Crippen molar-refractivity contribution in [1.82, 2.24) is 4.90 Å². The summed E-state index contributed by atoms with van der Waals surface area (Å²) >= 11 is 4.95. The van der Waals surface area contributed by atoms with Gasteiger partial charge in [-0.2, -0.15) is 0 Å². The van der Waals surface area contributed by atoms with E-state index in [1.165, 1.54) is 4.90 Å². The van der Waals surface area contributed by atoms with Gasteiger partial charge in [-0.3, -0.25) is 14.5 Å². The zero-order chi connectivity index (χ0) is 13.5. The minimum Gasteiger partial charge on any atom is -0.277 e. The highest BCUT2D eigenvalue weighted by Gasteiger charge is 2.49. The monoisotopic (exact) mass is 329 g/mol. The predicted octanol–water partition coefficient (Wildman–Crippen LogP) is 3.43. The quantitative estimate of drug-likeness (QED) is 0.796. The van der Waals surface area contributed by atoms with Gasteiger partial charge in [-0.15, -0.1) is 11.3 Å². The first-order valence-electron chi connectivity index (χ1n) is 5.93. The van der Waals surface area contributed by atoms with Crippen LogP contribution in [-0.2, 0) is 16.1 Å². The van der Waals surface area contributed by atoms with E-state index in [9.17, 15) is 9.59 Å². The van der Waals surface area contributed by atoms with E-state index in [-0.39, 0.29) is 17.7 Å². The third-order valence-electron chi connectivity index (χ3n) is 3.77. The van der Waals surface area contributed by atoms with Crippen LogP contribution in [0.5, 0.6) is 0 Å². The van der Waals surface area contributed by atoms with Gasteiger partial charge >= 0.3 is 0 Å². The third-order valence-corrected chi connectivity index (χ3v) is 5.38. The first-order valence-corrected chi connectivity index (χ1v) is 7.54. The minimum absolute atomic E-state index is 0.0352. The maximum atomic E-state index is 12.4. The van der Waals surface area contributed by atoms with Crippen molar-refractivity contribution in [2.24, 2.45) is 11.3 Å². The van der Waals surface area contributed by atoms with Gasteiger partial charge in [-0.25, -0.2) is 0 Å². The van der Waals surface area contributed by atoms with Crippen molar-refractivity contribution in [1.29, 1.82) is 0 Å². The van der Waals surface area contributed by atoms with Crippen molar-refractivity contribution in [3.05, 3.63) is 20.8 Å². The fraction of sp³-hybridized carbons (Fsp3) is 0.538. The highest BCUT2D eigenvalue weighted by molar-refractivity contribution is 9.11. The summed E-state index contributed by atoms with van der Waals surface area (Å²) in [6, 6.07) is 3.88. The molecule has 0 saturated carbocycles. The minimum atomic E-state index is -0.536. The Morgan fingerprint density at radius 1 is 1.44 bits per heavy atom. The van der Waals surface area contributed by atoms with E-state index in [2.05, 4.69) is 15.9 Å². The second-order valence-electron chi connectivity index (χ2n) is 5.24. The van der Waals surface area contributed by atoms with Crippen LogP contribution in [0.4, 0.5) is 0 Å². The van der Waals surface area contributed by atoms with Gasteiger partial charge in [0.25, 0.3) is 0 Å². The van der Waals surface area contributed by atoms with E-state index in [1.54, 1.807) is 11.3 Å². The van der Waals surface area contributed by atoms with Crippen molar-refractivity contribution in [2.75, 3.05) is 0 Å². The van der Waals surface area contributed by atoms with E-state index in [1.807, 2.05) is 32.9 Å². The lowest BCUT2D eigenvalue weighted by Crippen LogP contribution is -2.36. The van der Waals surface area contributed by atoms with Crippen molar-refractivity contribution in [3.8, 4) is 0 Å². The Morgan fingerprint density at radius 2 is 2.11 bits per heavy atom. The van der Waals surface area contributed by atoms with Crippen LogP contribution in [0.3, 0.4) is 0 Å². The molecule has 1 aliphatic rings. The largest absolute Gasteiger partial charge is 0.277 e. The fourth-order valence-electron chi connectivity index (χ4n) is 2.11. The normalized spacial score (nSPS) is 24.4. The Labute approximate surface area is 119 Å². The molecule has 0 aromatic carbocycles. The molecule has 98 valence electrons. The molecule has 1 fully saturated rings. The first-order chi connectivity index (χ1) is 8.34. The molecule has 0 bridgehead atoms. The Balaban J connectivity index is 2.20. The summed E-state index contributed by atoms with van der Waals surface area (Å²) in [5, 5.41) is 0. The zero-order valence-corrected chi connectivity index (χ0v) is 13.1.